The van der Waals surface area contributed by atoms with Gasteiger partial charge in [-0.05, 0) is 98.7 Å². The lowest BCUT2D eigenvalue weighted by Crippen LogP contribution is -2.37. The van der Waals surface area contributed by atoms with Crippen molar-refractivity contribution in [2.75, 3.05) is 19.6 Å². The van der Waals surface area contributed by atoms with E-state index in [0.717, 1.165) is 62.9 Å². The molecule has 1 saturated heterocycles. The molecule has 2 aliphatic carbocycles. The molecule has 5 nitrogen and oxygen atoms in total. The number of pyridine rings is 1. The Balaban J connectivity index is 1.15. The molecule has 0 amide bonds. The SMILES string of the molecule is O=C(O)C(CC1CC1)C1CC(CN2CCC(c3cnc4ccccn34)CC2)[C@@H](c2cccc(F)c2)C1. The summed E-state index contributed by atoms with van der Waals surface area (Å²) in [5.74, 6) is 0.765. The minimum Gasteiger partial charge on any atom is -0.481 e. The zero-order valence-electron chi connectivity index (χ0n) is 20.8. The number of rotatable bonds is 8. The second kappa shape index (κ2) is 9.97. The molecular formula is C30H36FN3O2. The van der Waals surface area contributed by atoms with Gasteiger partial charge in [-0.2, -0.15) is 0 Å². The van der Waals surface area contributed by atoms with Gasteiger partial charge >= 0.3 is 5.97 Å². The van der Waals surface area contributed by atoms with E-state index in [2.05, 4.69) is 32.6 Å². The van der Waals surface area contributed by atoms with E-state index < -0.39 is 5.97 Å². The van der Waals surface area contributed by atoms with Crippen molar-refractivity contribution < 1.29 is 14.3 Å². The third-order valence-corrected chi connectivity index (χ3v) is 9.12. The van der Waals surface area contributed by atoms with E-state index in [1.807, 2.05) is 18.3 Å². The summed E-state index contributed by atoms with van der Waals surface area (Å²) in [7, 11) is 0. The molecule has 3 unspecified atom stereocenters. The number of nitrogens with zero attached hydrogens (tertiary/aromatic N) is 3. The third kappa shape index (κ3) is 4.93. The van der Waals surface area contributed by atoms with Crippen LogP contribution >= 0.6 is 0 Å². The minimum absolute atomic E-state index is 0.178. The molecule has 2 saturated carbocycles. The highest BCUT2D eigenvalue weighted by atomic mass is 19.1. The molecule has 190 valence electrons. The van der Waals surface area contributed by atoms with E-state index in [-0.39, 0.29) is 23.6 Å². The van der Waals surface area contributed by atoms with Gasteiger partial charge in [-0.15, -0.1) is 0 Å². The summed E-state index contributed by atoms with van der Waals surface area (Å²) in [5, 5.41) is 10.0. The lowest BCUT2D eigenvalue weighted by atomic mass is 9.85. The van der Waals surface area contributed by atoms with E-state index in [0.29, 0.717) is 17.8 Å². The number of halogens is 1. The molecule has 4 atom stereocenters. The Morgan fingerprint density at radius 2 is 1.92 bits per heavy atom. The van der Waals surface area contributed by atoms with Crippen LogP contribution in [0.5, 0.6) is 0 Å². The van der Waals surface area contributed by atoms with Crippen molar-refractivity contribution in [3.8, 4) is 0 Å². The number of carbonyl (C=O) groups is 1. The van der Waals surface area contributed by atoms with Gasteiger partial charge in [0.05, 0.1) is 5.92 Å². The van der Waals surface area contributed by atoms with Crippen LogP contribution in [0.3, 0.4) is 0 Å². The van der Waals surface area contributed by atoms with Crippen LogP contribution in [0.15, 0.2) is 54.9 Å². The monoisotopic (exact) mass is 489 g/mol. The molecule has 0 radical (unpaired) electrons. The first-order valence-corrected chi connectivity index (χ1v) is 13.7. The summed E-state index contributed by atoms with van der Waals surface area (Å²) in [6.45, 7) is 3.03. The number of imidazole rings is 1. The zero-order chi connectivity index (χ0) is 24.6. The summed E-state index contributed by atoms with van der Waals surface area (Å²) in [4.78, 5) is 19.4. The van der Waals surface area contributed by atoms with Crippen molar-refractivity contribution in [3.05, 3.63) is 71.9 Å². The maximum atomic E-state index is 14.1. The standard InChI is InChI=1S/C30H36FN3O2/c31-25-5-3-4-22(16-25)26-17-23(27(30(35)36)14-20-7-8-20)15-24(26)19-33-12-9-21(10-13-33)28-18-32-29-6-1-2-11-34(28)29/h1-6,11,16,18,20-21,23-24,26-27H,7-10,12-15,17,19H2,(H,35,36)/t23?,24?,26-,27?/m1/s1. The van der Waals surface area contributed by atoms with Gasteiger partial charge in [0.1, 0.15) is 11.5 Å². The third-order valence-electron chi connectivity index (χ3n) is 9.12. The van der Waals surface area contributed by atoms with Crippen LogP contribution in [0.2, 0.25) is 0 Å². The van der Waals surface area contributed by atoms with Crippen LogP contribution in [0.25, 0.3) is 5.65 Å². The molecule has 3 aliphatic rings. The average molecular weight is 490 g/mol. The molecule has 3 aromatic rings. The Hall–Kier alpha value is -2.73. The molecule has 3 heterocycles. The number of aliphatic carboxylic acids is 1. The topological polar surface area (TPSA) is 57.8 Å². The molecule has 6 heteroatoms. The fourth-order valence-corrected chi connectivity index (χ4v) is 7.05. The molecule has 1 N–H and O–H groups in total. The van der Waals surface area contributed by atoms with Gasteiger partial charge in [0.2, 0.25) is 0 Å². The molecule has 36 heavy (non-hydrogen) atoms. The van der Waals surface area contributed by atoms with E-state index in [1.165, 1.54) is 24.6 Å². The Labute approximate surface area is 212 Å². The van der Waals surface area contributed by atoms with Gasteiger partial charge in [0.25, 0.3) is 0 Å². The second-order valence-electron chi connectivity index (χ2n) is 11.5. The van der Waals surface area contributed by atoms with Gasteiger partial charge in [-0.1, -0.05) is 31.0 Å². The smallest absolute Gasteiger partial charge is 0.306 e. The highest BCUT2D eigenvalue weighted by Gasteiger charge is 2.43. The second-order valence-corrected chi connectivity index (χ2v) is 11.5. The summed E-state index contributed by atoms with van der Waals surface area (Å²) in [5.41, 5.74) is 3.34. The molecule has 3 fully saturated rings. The van der Waals surface area contributed by atoms with Gasteiger partial charge in [0.15, 0.2) is 0 Å². The minimum atomic E-state index is -0.639. The average Bonchev–Trinajstić information content (AvgIpc) is 3.46. The van der Waals surface area contributed by atoms with E-state index in [9.17, 15) is 14.3 Å². The number of likely N-dealkylation sites (tertiary alicyclic amines) is 1. The first-order chi connectivity index (χ1) is 17.5. The Kier molecular flexibility index (Phi) is 6.55. The predicted molar refractivity (Wildman–Crippen MR) is 137 cm³/mol. The number of carboxylic acids is 1. The Morgan fingerprint density at radius 1 is 1.08 bits per heavy atom. The Morgan fingerprint density at radius 3 is 2.67 bits per heavy atom. The lowest BCUT2D eigenvalue weighted by Gasteiger charge is -2.35. The quantitative estimate of drug-likeness (QED) is 0.424. The van der Waals surface area contributed by atoms with E-state index >= 15 is 0 Å². The fraction of sp³-hybridized carbons (Fsp3) is 0.533. The van der Waals surface area contributed by atoms with Crippen molar-refractivity contribution in [1.82, 2.24) is 14.3 Å². The van der Waals surface area contributed by atoms with Crippen LogP contribution in [0.1, 0.15) is 68.0 Å². The van der Waals surface area contributed by atoms with Gasteiger partial charge < -0.3 is 14.4 Å². The number of carboxylic acid groups (broad SMARTS) is 1. The predicted octanol–water partition coefficient (Wildman–Crippen LogP) is 5.96. The van der Waals surface area contributed by atoms with Crippen molar-refractivity contribution in [2.45, 2.75) is 56.8 Å². The van der Waals surface area contributed by atoms with Crippen molar-refractivity contribution in [3.63, 3.8) is 0 Å². The van der Waals surface area contributed by atoms with E-state index in [4.69, 9.17) is 0 Å². The van der Waals surface area contributed by atoms with Crippen LogP contribution in [0, 0.1) is 29.5 Å². The largest absolute Gasteiger partial charge is 0.481 e. The maximum Gasteiger partial charge on any atom is 0.306 e. The highest BCUT2D eigenvalue weighted by molar-refractivity contribution is 5.70. The summed E-state index contributed by atoms with van der Waals surface area (Å²) in [6.07, 6.45) is 11.3. The molecular weight excluding hydrogens is 453 g/mol. The Bertz CT molecular complexity index is 1210. The first-order valence-electron chi connectivity index (χ1n) is 13.7. The van der Waals surface area contributed by atoms with E-state index in [1.54, 1.807) is 12.1 Å². The number of piperidine rings is 1. The summed E-state index contributed by atoms with van der Waals surface area (Å²) < 4.78 is 16.4. The number of hydrogen-bond acceptors (Lipinski definition) is 3. The van der Waals surface area contributed by atoms with Crippen molar-refractivity contribution >= 4 is 11.6 Å². The number of benzene rings is 1. The zero-order valence-corrected chi connectivity index (χ0v) is 20.8. The number of fused-ring (bicyclic) bond motifs is 1. The molecule has 6 rings (SSSR count). The number of hydrogen-bond donors (Lipinski definition) is 1. The summed E-state index contributed by atoms with van der Waals surface area (Å²) >= 11 is 0. The molecule has 2 aromatic heterocycles. The van der Waals surface area contributed by atoms with Crippen LogP contribution in [0.4, 0.5) is 4.39 Å². The normalized spacial score (nSPS) is 26.4. The molecule has 1 aromatic carbocycles. The highest BCUT2D eigenvalue weighted by Crippen LogP contribution is 2.49. The summed E-state index contributed by atoms with van der Waals surface area (Å²) in [6, 6.07) is 13.2. The van der Waals surface area contributed by atoms with Gasteiger partial charge in [-0.25, -0.2) is 9.37 Å². The lowest BCUT2D eigenvalue weighted by molar-refractivity contribution is -0.144. The van der Waals surface area contributed by atoms with Crippen LogP contribution in [-0.4, -0.2) is 45.0 Å². The van der Waals surface area contributed by atoms with Crippen molar-refractivity contribution in [2.24, 2.45) is 23.7 Å². The van der Waals surface area contributed by atoms with Gasteiger partial charge in [0, 0.05) is 30.6 Å². The fourth-order valence-electron chi connectivity index (χ4n) is 7.05. The number of aromatic nitrogens is 2. The van der Waals surface area contributed by atoms with Crippen LogP contribution < -0.4 is 0 Å². The molecule has 0 spiro atoms. The van der Waals surface area contributed by atoms with Gasteiger partial charge in [-0.3, -0.25) is 4.79 Å². The van der Waals surface area contributed by atoms with Crippen molar-refractivity contribution in [1.29, 1.82) is 0 Å². The molecule has 0 bridgehead atoms. The first kappa shape index (κ1) is 23.7. The van der Waals surface area contributed by atoms with Crippen LogP contribution in [-0.2, 0) is 4.79 Å². The maximum absolute atomic E-state index is 14.1. The molecule has 1 aliphatic heterocycles.